The molecule has 1 fully saturated rings. The summed E-state index contributed by atoms with van der Waals surface area (Å²) in [6.45, 7) is 1.38. The van der Waals surface area contributed by atoms with Crippen LogP contribution in [-0.4, -0.2) is 51.8 Å². The summed E-state index contributed by atoms with van der Waals surface area (Å²) >= 11 is 0. The lowest BCUT2D eigenvalue weighted by molar-refractivity contribution is 0.0690. The van der Waals surface area contributed by atoms with Gasteiger partial charge in [0.1, 0.15) is 5.69 Å². The second kappa shape index (κ2) is 6.33. The van der Waals surface area contributed by atoms with E-state index >= 15 is 0 Å². The monoisotopic (exact) mass is 279 g/mol. The third kappa shape index (κ3) is 3.45. The van der Waals surface area contributed by atoms with E-state index in [1.807, 2.05) is 0 Å². The quantitative estimate of drug-likeness (QED) is 0.766. The molecule has 2 rings (SSSR count). The van der Waals surface area contributed by atoms with E-state index in [9.17, 15) is 9.59 Å². The average molecular weight is 279 g/mol. The number of carboxylic acid groups (broad SMARTS) is 1. The SMILES string of the molecule is O=C(O)c1ccc(NC(=O)N2CCC(CO)CC2)cn1. The zero-order chi connectivity index (χ0) is 14.5. The van der Waals surface area contributed by atoms with Crippen molar-refractivity contribution in [3.05, 3.63) is 24.0 Å². The lowest BCUT2D eigenvalue weighted by atomic mass is 9.98. The molecule has 2 amide bonds. The Kier molecular flexibility index (Phi) is 4.52. The molecule has 0 aliphatic carbocycles. The van der Waals surface area contributed by atoms with Crippen LogP contribution in [0.15, 0.2) is 18.3 Å². The van der Waals surface area contributed by atoms with Crippen LogP contribution in [-0.2, 0) is 0 Å². The number of anilines is 1. The number of hydrogen-bond donors (Lipinski definition) is 3. The van der Waals surface area contributed by atoms with E-state index in [2.05, 4.69) is 10.3 Å². The number of nitrogens with one attached hydrogen (secondary N) is 1. The smallest absolute Gasteiger partial charge is 0.354 e. The largest absolute Gasteiger partial charge is 0.477 e. The molecule has 1 aromatic rings. The number of urea groups is 1. The standard InChI is InChI=1S/C13H17N3O4/c17-8-9-3-5-16(6-4-9)13(20)15-10-1-2-11(12(18)19)14-7-10/h1-2,7,9,17H,3-6,8H2,(H,15,20)(H,18,19). The maximum atomic E-state index is 12.0. The van der Waals surface area contributed by atoms with Gasteiger partial charge in [-0.15, -0.1) is 0 Å². The van der Waals surface area contributed by atoms with Crippen molar-refractivity contribution in [3.63, 3.8) is 0 Å². The highest BCUT2D eigenvalue weighted by molar-refractivity contribution is 5.90. The molecule has 1 saturated heterocycles. The van der Waals surface area contributed by atoms with Crippen LogP contribution in [0.25, 0.3) is 0 Å². The second-order valence-electron chi connectivity index (χ2n) is 4.78. The van der Waals surface area contributed by atoms with Crippen molar-refractivity contribution in [2.24, 2.45) is 5.92 Å². The summed E-state index contributed by atoms with van der Waals surface area (Å²) in [5.41, 5.74) is 0.399. The topological polar surface area (TPSA) is 103 Å². The van der Waals surface area contributed by atoms with Crippen LogP contribution in [0.3, 0.4) is 0 Å². The molecule has 0 unspecified atom stereocenters. The number of hydrogen-bond acceptors (Lipinski definition) is 4. The Morgan fingerprint density at radius 3 is 2.55 bits per heavy atom. The van der Waals surface area contributed by atoms with E-state index in [0.717, 1.165) is 12.8 Å². The number of aliphatic hydroxyl groups excluding tert-OH is 1. The van der Waals surface area contributed by atoms with Gasteiger partial charge in [-0.3, -0.25) is 0 Å². The minimum absolute atomic E-state index is 0.0632. The molecule has 0 aromatic carbocycles. The van der Waals surface area contributed by atoms with Crippen LogP contribution in [0.1, 0.15) is 23.3 Å². The number of pyridine rings is 1. The molecule has 20 heavy (non-hydrogen) atoms. The first-order valence-electron chi connectivity index (χ1n) is 6.46. The van der Waals surface area contributed by atoms with Gasteiger partial charge in [0.05, 0.1) is 11.9 Å². The minimum Gasteiger partial charge on any atom is -0.477 e. The van der Waals surface area contributed by atoms with Crippen molar-refractivity contribution in [2.45, 2.75) is 12.8 Å². The maximum Gasteiger partial charge on any atom is 0.354 e. The Balaban J connectivity index is 1.90. The van der Waals surface area contributed by atoms with Crippen LogP contribution < -0.4 is 5.32 Å². The van der Waals surface area contributed by atoms with Crippen LogP contribution in [0.5, 0.6) is 0 Å². The predicted molar refractivity (Wildman–Crippen MR) is 71.6 cm³/mol. The van der Waals surface area contributed by atoms with Gasteiger partial charge in [0.2, 0.25) is 0 Å². The zero-order valence-corrected chi connectivity index (χ0v) is 11.0. The number of carboxylic acids is 1. The van der Waals surface area contributed by atoms with E-state index in [4.69, 9.17) is 10.2 Å². The first-order valence-corrected chi connectivity index (χ1v) is 6.46. The van der Waals surface area contributed by atoms with Crippen molar-refractivity contribution in [2.75, 3.05) is 25.0 Å². The Morgan fingerprint density at radius 1 is 1.35 bits per heavy atom. The number of likely N-dealkylation sites (tertiary alicyclic amines) is 1. The summed E-state index contributed by atoms with van der Waals surface area (Å²) in [7, 11) is 0. The number of rotatable bonds is 3. The molecule has 1 aliphatic heterocycles. The number of nitrogens with zero attached hydrogens (tertiary/aromatic N) is 2. The minimum atomic E-state index is -1.10. The molecule has 7 heteroatoms. The lowest BCUT2D eigenvalue weighted by Crippen LogP contribution is -2.41. The Bertz CT molecular complexity index is 481. The molecule has 0 spiro atoms. The van der Waals surface area contributed by atoms with E-state index < -0.39 is 5.97 Å². The Hall–Kier alpha value is -2.15. The molecule has 0 saturated carbocycles. The van der Waals surface area contributed by atoms with Crippen LogP contribution >= 0.6 is 0 Å². The first kappa shape index (κ1) is 14.3. The molecule has 0 radical (unpaired) electrons. The molecule has 0 atom stereocenters. The van der Waals surface area contributed by atoms with E-state index in [1.54, 1.807) is 4.90 Å². The van der Waals surface area contributed by atoms with Gasteiger partial charge in [0.25, 0.3) is 0 Å². The molecule has 3 N–H and O–H groups in total. The molecule has 7 nitrogen and oxygen atoms in total. The van der Waals surface area contributed by atoms with Gasteiger partial charge >= 0.3 is 12.0 Å². The van der Waals surface area contributed by atoms with Gasteiger partial charge in [0, 0.05) is 19.7 Å². The average Bonchev–Trinajstić information content (AvgIpc) is 2.48. The molecule has 2 heterocycles. The highest BCUT2D eigenvalue weighted by Gasteiger charge is 2.22. The second-order valence-corrected chi connectivity index (χ2v) is 4.78. The fourth-order valence-corrected chi connectivity index (χ4v) is 2.12. The number of aliphatic hydroxyl groups is 1. The van der Waals surface area contributed by atoms with Crippen LogP contribution in [0.2, 0.25) is 0 Å². The van der Waals surface area contributed by atoms with Crippen molar-refractivity contribution < 1.29 is 19.8 Å². The van der Waals surface area contributed by atoms with Crippen molar-refractivity contribution in [1.82, 2.24) is 9.88 Å². The highest BCUT2D eigenvalue weighted by atomic mass is 16.4. The summed E-state index contributed by atoms with van der Waals surface area (Å²) in [6, 6.07) is 2.62. The summed E-state index contributed by atoms with van der Waals surface area (Å²) in [6.07, 6.45) is 2.90. The predicted octanol–water partition coefficient (Wildman–Crippen LogP) is 1.02. The Labute approximate surface area is 116 Å². The summed E-state index contributed by atoms with van der Waals surface area (Å²) in [5.74, 6) is -0.829. The first-order chi connectivity index (χ1) is 9.60. The van der Waals surface area contributed by atoms with Gasteiger partial charge in [-0.25, -0.2) is 14.6 Å². The van der Waals surface area contributed by atoms with Gasteiger partial charge < -0.3 is 20.4 Å². The van der Waals surface area contributed by atoms with Crippen molar-refractivity contribution >= 4 is 17.7 Å². The number of amides is 2. The maximum absolute atomic E-state index is 12.0. The summed E-state index contributed by atoms with van der Waals surface area (Å²) in [4.78, 5) is 28.1. The highest BCUT2D eigenvalue weighted by Crippen LogP contribution is 2.17. The zero-order valence-electron chi connectivity index (χ0n) is 11.0. The number of aromatic carboxylic acids is 1. The van der Waals surface area contributed by atoms with Crippen LogP contribution in [0, 0.1) is 5.92 Å². The summed E-state index contributed by atoms with van der Waals surface area (Å²) in [5, 5.41) is 20.5. The number of carbonyl (C=O) groups is 2. The third-order valence-corrected chi connectivity index (χ3v) is 3.39. The van der Waals surface area contributed by atoms with Crippen LogP contribution in [0.4, 0.5) is 10.5 Å². The molecule has 0 bridgehead atoms. The molecular weight excluding hydrogens is 262 g/mol. The number of carbonyl (C=O) groups excluding carboxylic acids is 1. The lowest BCUT2D eigenvalue weighted by Gasteiger charge is -2.31. The van der Waals surface area contributed by atoms with Gasteiger partial charge in [0.15, 0.2) is 0 Å². The fraction of sp³-hybridized carbons (Fsp3) is 0.462. The van der Waals surface area contributed by atoms with Gasteiger partial charge in [-0.1, -0.05) is 0 Å². The third-order valence-electron chi connectivity index (χ3n) is 3.39. The van der Waals surface area contributed by atoms with Gasteiger partial charge in [-0.05, 0) is 30.9 Å². The Morgan fingerprint density at radius 2 is 2.05 bits per heavy atom. The van der Waals surface area contributed by atoms with E-state index in [0.29, 0.717) is 18.8 Å². The molecule has 1 aromatic heterocycles. The normalized spacial score (nSPS) is 15.9. The summed E-state index contributed by atoms with van der Waals surface area (Å²) < 4.78 is 0. The van der Waals surface area contributed by atoms with E-state index in [-0.39, 0.29) is 24.2 Å². The van der Waals surface area contributed by atoms with E-state index in [1.165, 1.54) is 18.3 Å². The van der Waals surface area contributed by atoms with Crippen molar-refractivity contribution in [1.29, 1.82) is 0 Å². The number of piperidine rings is 1. The molecule has 108 valence electrons. The number of aromatic nitrogens is 1. The van der Waals surface area contributed by atoms with Crippen molar-refractivity contribution in [3.8, 4) is 0 Å². The van der Waals surface area contributed by atoms with Gasteiger partial charge in [-0.2, -0.15) is 0 Å². The fourth-order valence-electron chi connectivity index (χ4n) is 2.12. The molecule has 1 aliphatic rings. The molecular formula is C13H17N3O4.